The second kappa shape index (κ2) is 9.71. The maximum Gasteiger partial charge on any atom is 0.262 e. The first-order chi connectivity index (χ1) is 14.4. The van der Waals surface area contributed by atoms with Crippen molar-refractivity contribution in [3.05, 3.63) is 59.4 Å². The first kappa shape index (κ1) is 21.8. The molecule has 0 bridgehead atoms. The predicted molar refractivity (Wildman–Crippen MR) is 116 cm³/mol. The van der Waals surface area contributed by atoms with Crippen LogP contribution in [-0.4, -0.2) is 58.8 Å². The Morgan fingerprint density at radius 3 is 2.57 bits per heavy atom. The van der Waals surface area contributed by atoms with E-state index in [1.165, 1.54) is 0 Å². The van der Waals surface area contributed by atoms with Crippen molar-refractivity contribution in [2.45, 2.75) is 32.7 Å². The van der Waals surface area contributed by atoms with E-state index >= 15 is 0 Å². The zero-order valence-corrected chi connectivity index (χ0v) is 18.2. The van der Waals surface area contributed by atoms with E-state index in [-0.39, 0.29) is 24.4 Å². The van der Waals surface area contributed by atoms with Gasteiger partial charge in [0.1, 0.15) is 6.54 Å². The smallest absolute Gasteiger partial charge is 0.262 e. The van der Waals surface area contributed by atoms with E-state index < -0.39 is 0 Å². The number of carbonyl (C=O) groups excluding carboxylic acids is 2. The van der Waals surface area contributed by atoms with E-state index in [0.717, 1.165) is 22.5 Å². The van der Waals surface area contributed by atoms with Gasteiger partial charge in [0.25, 0.3) is 5.91 Å². The minimum atomic E-state index is -0.192. The normalized spacial score (nSPS) is 15.9. The summed E-state index contributed by atoms with van der Waals surface area (Å²) in [5.41, 5.74) is 4.06. The molecule has 2 amide bonds. The number of hydrogen-bond donors (Lipinski definition) is 0. The molecular weight excluding hydrogens is 380 g/mol. The molecule has 3 rings (SSSR count). The number of carbonyl (C=O) groups is 2. The molecule has 2 aromatic rings. The molecule has 7 heteroatoms. The SMILES string of the molecule is CCC(=O)N(CCOC)CC(=O)N1N=C(c2cccn2C)CC1c1ccc(C)cc1. The van der Waals surface area contributed by atoms with Crippen molar-refractivity contribution >= 4 is 17.5 Å². The van der Waals surface area contributed by atoms with Gasteiger partial charge in [-0.1, -0.05) is 36.8 Å². The number of rotatable bonds is 8. The number of hydrazone groups is 1. The van der Waals surface area contributed by atoms with Crippen LogP contribution in [0.1, 0.15) is 42.6 Å². The molecule has 0 radical (unpaired) electrons. The van der Waals surface area contributed by atoms with E-state index in [0.29, 0.717) is 26.0 Å². The van der Waals surface area contributed by atoms with Crippen molar-refractivity contribution in [3.63, 3.8) is 0 Å². The number of aromatic nitrogens is 1. The summed E-state index contributed by atoms with van der Waals surface area (Å²) in [5.74, 6) is -0.263. The lowest BCUT2D eigenvalue weighted by atomic mass is 9.99. The third-order valence-electron chi connectivity index (χ3n) is 5.41. The fourth-order valence-electron chi connectivity index (χ4n) is 3.66. The maximum atomic E-state index is 13.3. The summed E-state index contributed by atoms with van der Waals surface area (Å²) in [5, 5.41) is 6.25. The lowest BCUT2D eigenvalue weighted by Crippen LogP contribution is -2.42. The molecule has 1 aromatic heterocycles. The molecule has 160 valence electrons. The highest BCUT2D eigenvalue weighted by atomic mass is 16.5. The van der Waals surface area contributed by atoms with Gasteiger partial charge in [-0.25, -0.2) is 5.01 Å². The van der Waals surface area contributed by atoms with Crippen molar-refractivity contribution < 1.29 is 14.3 Å². The zero-order valence-electron chi connectivity index (χ0n) is 18.2. The lowest BCUT2D eigenvalue weighted by Gasteiger charge is -2.26. The standard InChI is InChI=1S/C23H30N4O3/c1-5-22(28)26(13-14-30-4)16-23(29)27-21(18-10-8-17(2)9-11-18)15-19(24-27)20-7-6-12-25(20)3/h6-12,21H,5,13-16H2,1-4H3. The molecule has 0 saturated carbocycles. The third-order valence-corrected chi connectivity index (χ3v) is 5.41. The summed E-state index contributed by atoms with van der Waals surface area (Å²) in [7, 11) is 3.55. The van der Waals surface area contributed by atoms with E-state index in [9.17, 15) is 9.59 Å². The molecule has 1 aliphatic rings. The molecule has 1 atom stereocenters. The number of ether oxygens (including phenoxy) is 1. The first-order valence-corrected chi connectivity index (χ1v) is 10.3. The lowest BCUT2D eigenvalue weighted by molar-refractivity contribution is -0.141. The van der Waals surface area contributed by atoms with Gasteiger partial charge in [-0.15, -0.1) is 0 Å². The maximum absolute atomic E-state index is 13.3. The van der Waals surface area contributed by atoms with Crippen molar-refractivity contribution in [2.24, 2.45) is 12.1 Å². The second-order valence-corrected chi connectivity index (χ2v) is 7.58. The Hall–Kier alpha value is -2.93. The van der Waals surface area contributed by atoms with Gasteiger partial charge in [0.2, 0.25) is 5.91 Å². The average Bonchev–Trinajstić information content (AvgIpc) is 3.37. The third kappa shape index (κ3) is 4.79. The van der Waals surface area contributed by atoms with Gasteiger partial charge in [-0.3, -0.25) is 9.59 Å². The Morgan fingerprint density at radius 1 is 1.23 bits per heavy atom. The Kier molecular flexibility index (Phi) is 7.05. The Balaban J connectivity index is 1.88. The van der Waals surface area contributed by atoms with Crippen LogP contribution in [0.5, 0.6) is 0 Å². The minimum Gasteiger partial charge on any atom is -0.383 e. The van der Waals surface area contributed by atoms with E-state index in [4.69, 9.17) is 9.84 Å². The average molecular weight is 411 g/mol. The molecular formula is C23H30N4O3. The zero-order chi connectivity index (χ0) is 21.7. The molecule has 1 aromatic carbocycles. The quantitative estimate of drug-likeness (QED) is 0.672. The molecule has 1 aliphatic heterocycles. The number of amides is 2. The summed E-state index contributed by atoms with van der Waals surface area (Å²) in [6.07, 6.45) is 2.94. The Labute approximate surface area is 177 Å². The van der Waals surface area contributed by atoms with Crippen molar-refractivity contribution in [1.29, 1.82) is 0 Å². The fourth-order valence-corrected chi connectivity index (χ4v) is 3.66. The summed E-state index contributed by atoms with van der Waals surface area (Å²) < 4.78 is 7.11. The van der Waals surface area contributed by atoms with Crippen LogP contribution in [0.3, 0.4) is 0 Å². The number of hydrogen-bond acceptors (Lipinski definition) is 4. The van der Waals surface area contributed by atoms with E-state index in [1.54, 1.807) is 23.9 Å². The summed E-state index contributed by atoms with van der Waals surface area (Å²) in [6.45, 7) is 4.59. The van der Waals surface area contributed by atoms with Gasteiger partial charge in [0, 0.05) is 39.7 Å². The van der Waals surface area contributed by atoms with Crippen molar-refractivity contribution in [3.8, 4) is 0 Å². The van der Waals surface area contributed by atoms with Crippen LogP contribution in [-0.2, 0) is 21.4 Å². The highest BCUT2D eigenvalue weighted by molar-refractivity contribution is 6.02. The summed E-state index contributed by atoms with van der Waals surface area (Å²) in [6, 6.07) is 12.0. The summed E-state index contributed by atoms with van der Waals surface area (Å²) >= 11 is 0. The molecule has 0 N–H and O–H groups in total. The predicted octanol–water partition coefficient (Wildman–Crippen LogP) is 2.90. The van der Waals surface area contributed by atoms with Crippen LogP contribution in [0, 0.1) is 6.92 Å². The largest absolute Gasteiger partial charge is 0.383 e. The van der Waals surface area contributed by atoms with Crippen LogP contribution in [0.2, 0.25) is 0 Å². The molecule has 0 fully saturated rings. The van der Waals surface area contributed by atoms with Crippen LogP contribution < -0.4 is 0 Å². The highest BCUT2D eigenvalue weighted by Gasteiger charge is 2.34. The van der Waals surface area contributed by atoms with Gasteiger partial charge < -0.3 is 14.2 Å². The summed E-state index contributed by atoms with van der Waals surface area (Å²) in [4.78, 5) is 27.1. The van der Waals surface area contributed by atoms with E-state index in [1.807, 2.05) is 61.1 Å². The monoisotopic (exact) mass is 410 g/mol. The van der Waals surface area contributed by atoms with E-state index in [2.05, 4.69) is 0 Å². The van der Waals surface area contributed by atoms with Gasteiger partial charge in [-0.05, 0) is 24.6 Å². The molecule has 1 unspecified atom stereocenters. The van der Waals surface area contributed by atoms with Gasteiger partial charge in [0.05, 0.1) is 24.1 Å². The van der Waals surface area contributed by atoms with Gasteiger partial charge >= 0.3 is 0 Å². The number of aryl methyl sites for hydroxylation is 2. The van der Waals surface area contributed by atoms with Crippen LogP contribution >= 0.6 is 0 Å². The molecule has 30 heavy (non-hydrogen) atoms. The van der Waals surface area contributed by atoms with Crippen LogP contribution in [0.15, 0.2) is 47.7 Å². The molecule has 0 saturated heterocycles. The van der Waals surface area contributed by atoms with Crippen LogP contribution in [0.4, 0.5) is 0 Å². The number of nitrogens with zero attached hydrogens (tertiary/aromatic N) is 4. The topological polar surface area (TPSA) is 67.1 Å². The Bertz CT molecular complexity index is 917. The second-order valence-electron chi connectivity index (χ2n) is 7.58. The number of benzene rings is 1. The Morgan fingerprint density at radius 2 is 1.97 bits per heavy atom. The fraction of sp³-hybridized carbons (Fsp3) is 0.435. The van der Waals surface area contributed by atoms with Crippen molar-refractivity contribution in [1.82, 2.24) is 14.5 Å². The van der Waals surface area contributed by atoms with Crippen LogP contribution in [0.25, 0.3) is 0 Å². The molecule has 2 heterocycles. The first-order valence-electron chi connectivity index (χ1n) is 10.3. The molecule has 0 spiro atoms. The number of methoxy groups -OCH3 is 1. The molecule has 0 aliphatic carbocycles. The minimum absolute atomic E-state index is 0.0116. The van der Waals surface area contributed by atoms with Gasteiger partial charge in [-0.2, -0.15) is 5.10 Å². The highest BCUT2D eigenvalue weighted by Crippen LogP contribution is 2.33. The molecule has 7 nitrogen and oxygen atoms in total. The van der Waals surface area contributed by atoms with Crippen molar-refractivity contribution in [2.75, 3.05) is 26.8 Å². The van der Waals surface area contributed by atoms with Gasteiger partial charge in [0.15, 0.2) is 0 Å².